The van der Waals surface area contributed by atoms with Crippen molar-refractivity contribution >= 4 is 17.8 Å². The molecule has 0 saturated carbocycles. The van der Waals surface area contributed by atoms with E-state index in [1.165, 1.54) is 13.0 Å². The largest absolute Gasteiger partial charge is 0.478 e. The third kappa shape index (κ3) is 4.08. The van der Waals surface area contributed by atoms with E-state index in [1.807, 2.05) is 20.8 Å². The number of hydrogen-bond acceptors (Lipinski definition) is 4. The van der Waals surface area contributed by atoms with Crippen LogP contribution in [0.2, 0.25) is 0 Å². The van der Waals surface area contributed by atoms with Gasteiger partial charge in [-0.2, -0.15) is 0 Å². The van der Waals surface area contributed by atoms with Crippen molar-refractivity contribution in [1.29, 1.82) is 0 Å². The first-order valence-corrected chi connectivity index (χ1v) is 6.01. The minimum Gasteiger partial charge on any atom is -0.478 e. The number of benzene rings is 1. The Bertz CT molecular complexity index is 571. The van der Waals surface area contributed by atoms with Gasteiger partial charge in [-0.25, -0.2) is 9.59 Å². The monoisotopic (exact) mass is 278 g/mol. The van der Waals surface area contributed by atoms with Crippen molar-refractivity contribution in [3.8, 4) is 0 Å². The maximum atomic E-state index is 11.2. The van der Waals surface area contributed by atoms with Crippen LogP contribution >= 0.6 is 0 Å². The van der Waals surface area contributed by atoms with Gasteiger partial charge in [0.05, 0.1) is 5.56 Å². The quantitative estimate of drug-likeness (QED) is 0.380. The summed E-state index contributed by atoms with van der Waals surface area (Å²) in [4.78, 5) is 26.3. The molecule has 108 valence electrons. The number of nitrogens with zero attached hydrogens (tertiary/aromatic N) is 1. The van der Waals surface area contributed by atoms with Crippen molar-refractivity contribution in [3.63, 3.8) is 0 Å². The molecule has 0 amide bonds. The van der Waals surface area contributed by atoms with Gasteiger partial charge in [-0.3, -0.25) is 0 Å². The lowest BCUT2D eigenvalue weighted by Gasteiger charge is -2.20. The second-order valence-electron chi connectivity index (χ2n) is 5.41. The van der Waals surface area contributed by atoms with Crippen LogP contribution in [-0.2, 0) is 15.0 Å². The zero-order valence-electron chi connectivity index (χ0n) is 11.9. The zero-order chi connectivity index (χ0) is 15.5. The second kappa shape index (κ2) is 5.73. The predicted octanol–water partition coefficient (Wildman–Crippen LogP) is 1.87. The van der Waals surface area contributed by atoms with Crippen molar-refractivity contribution in [2.24, 2.45) is 10.9 Å². The Kier molecular flexibility index (Phi) is 4.49. The number of oxime groups is 1. The van der Waals surface area contributed by atoms with Gasteiger partial charge in [-0.15, -0.1) is 0 Å². The number of carboxylic acids is 1. The molecule has 0 aliphatic rings. The highest BCUT2D eigenvalue weighted by atomic mass is 16.7. The van der Waals surface area contributed by atoms with Gasteiger partial charge >= 0.3 is 11.9 Å². The summed E-state index contributed by atoms with van der Waals surface area (Å²) in [6.45, 7) is 7.07. The van der Waals surface area contributed by atoms with Crippen LogP contribution in [0.1, 0.15) is 49.2 Å². The Morgan fingerprint density at radius 3 is 2.20 bits per heavy atom. The summed E-state index contributed by atoms with van der Waals surface area (Å²) in [7, 11) is 0. The molecule has 3 N–H and O–H groups in total. The van der Waals surface area contributed by atoms with Gasteiger partial charge in [0.2, 0.25) is 0 Å². The molecule has 0 aromatic heterocycles. The lowest BCUT2D eigenvalue weighted by molar-refractivity contribution is -0.140. The summed E-state index contributed by atoms with van der Waals surface area (Å²) in [6.07, 6.45) is 0. The van der Waals surface area contributed by atoms with Crippen LogP contribution in [0.15, 0.2) is 23.4 Å². The van der Waals surface area contributed by atoms with Gasteiger partial charge in [0.15, 0.2) is 5.84 Å². The fourth-order valence-electron chi connectivity index (χ4n) is 1.50. The van der Waals surface area contributed by atoms with Crippen LogP contribution in [0.25, 0.3) is 0 Å². The first-order chi connectivity index (χ1) is 9.11. The fourth-order valence-corrected chi connectivity index (χ4v) is 1.50. The van der Waals surface area contributed by atoms with E-state index < -0.39 is 11.9 Å². The van der Waals surface area contributed by atoms with Crippen molar-refractivity contribution in [2.45, 2.75) is 33.1 Å². The first kappa shape index (κ1) is 15.7. The van der Waals surface area contributed by atoms with Crippen LogP contribution < -0.4 is 5.73 Å². The molecule has 1 aromatic carbocycles. The molecule has 0 radical (unpaired) electrons. The van der Waals surface area contributed by atoms with Crippen LogP contribution in [0.3, 0.4) is 0 Å². The van der Waals surface area contributed by atoms with Gasteiger partial charge < -0.3 is 15.7 Å². The Hall–Kier alpha value is -2.37. The van der Waals surface area contributed by atoms with E-state index in [9.17, 15) is 9.59 Å². The summed E-state index contributed by atoms with van der Waals surface area (Å²) >= 11 is 0. The third-order valence-electron chi connectivity index (χ3n) is 2.61. The first-order valence-electron chi connectivity index (χ1n) is 6.01. The molecule has 0 atom stereocenters. The normalized spacial score (nSPS) is 12.1. The van der Waals surface area contributed by atoms with Crippen molar-refractivity contribution < 1.29 is 19.5 Å². The number of nitrogens with two attached hydrogens (primary N) is 1. The highest BCUT2D eigenvalue weighted by Crippen LogP contribution is 2.24. The average Bonchev–Trinajstić information content (AvgIpc) is 2.34. The number of carbonyl (C=O) groups is 2. The summed E-state index contributed by atoms with van der Waals surface area (Å²) in [5.74, 6) is -1.70. The van der Waals surface area contributed by atoms with E-state index in [0.717, 1.165) is 5.56 Å². The molecule has 1 rings (SSSR count). The van der Waals surface area contributed by atoms with Gasteiger partial charge in [-0.05, 0) is 29.2 Å². The lowest BCUT2D eigenvalue weighted by Crippen LogP contribution is -2.19. The highest BCUT2D eigenvalue weighted by Gasteiger charge is 2.18. The summed E-state index contributed by atoms with van der Waals surface area (Å²) in [5, 5.41) is 12.6. The molecule has 0 heterocycles. The van der Waals surface area contributed by atoms with E-state index >= 15 is 0 Å². The molecule has 0 unspecified atom stereocenters. The van der Waals surface area contributed by atoms with E-state index in [4.69, 9.17) is 10.8 Å². The molecule has 0 aliphatic heterocycles. The molecule has 6 nitrogen and oxygen atoms in total. The average molecular weight is 278 g/mol. The van der Waals surface area contributed by atoms with Crippen molar-refractivity contribution in [2.75, 3.05) is 0 Å². The topological polar surface area (TPSA) is 102 Å². The van der Waals surface area contributed by atoms with E-state index in [0.29, 0.717) is 5.56 Å². The summed E-state index contributed by atoms with van der Waals surface area (Å²) < 4.78 is 0. The molecular formula is C14H18N2O4. The molecule has 1 aromatic rings. The molecular weight excluding hydrogens is 260 g/mol. The summed E-state index contributed by atoms with van der Waals surface area (Å²) in [6, 6.07) is 4.71. The minimum absolute atomic E-state index is 0.0474. The highest BCUT2D eigenvalue weighted by molar-refractivity contribution is 6.00. The molecule has 0 spiro atoms. The van der Waals surface area contributed by atoms with Crippen LogP contribution in [0.5, 0.6) is 0 Å². The van der Waals surface area contributed by atoms with Gasteiger partial charge in [0.1, 0.15) is 0 Å². The van der Waals surface area contributed by atoms with Crippen LogP contribution in [0, 0.1) is 0 Å². The van der Waals surface area contributed by atoms with E-state index in [2.05, 4.69) is 9.99 Å². The molecule has 0 bridgehead atoms. The van der Waals surface area contributed by atoms with Gasteiger partial charge in [-0.1, -0.05) is 25.9 Å². The number of amidine groups is 1. The lowest BCUT2D eigenvalue weighted by atomic mass is 9.85. The molecule has 6 heteroatoms. The third-order valence-corrected chi connectivity index (χ3v) is 2.61. The zero-order valence-corrected chi connectivity index (χ0v) is 11.9. The number of rotatable bonds is 3. The van der Waals surface area contributed by atoms with Crippen LogP contribution in [-0.4, -0.2) is 22.9 Å². The van der Waals surface area contributed by atoms with Crippen molar-refractivity contribution in [3.05, 3.63) is 34.9 Å². The smallest absolute Gasteiger partial charge is 0.335 e. The number of carboxylic acid groups (broad SMARTS) is 1. The Balaban J connectivity index is 3.32. The van der Waals surface area contributed by atoms with E-state index in [1.54, 1.807) is 12.1 Å². The standard InChI is InChI=1S/C14H18N2O4/c1-8(17)20-16-12(15)9-5-10(13(18)19)7-11(6-9)14(2,3)4/h5-7H,1-4H3,(H2,15,16)(H,18,19). The molecule has 0 aliphatic carbocycles. The molecule has 0 saturated heterocycles. The maximum Gasteiger partial charge on any atom is 0.335 e. The predicted molar refractivity (Wildman–Crippen MR) is 74.6 cm³/mol. The SMILES string of the molecule is CC(=O)O/N=C(/N)c1cc(C(=O)O)cc(C(C)(C)C)c1. The Morgan fingerprint density at radius 1 is 1.20 bits per heavy atom. The van der Waals surface area contributed by atoms with E-state index in [-0.39, 0.29) is 16.8 Å². The minimum atomic E-state index is -1.06. The summed E-state index contributed by atoms with van der Waals surface area (Å²) in [5.41, 5.74) is 6.76. The number of aromatic carboxylic acids is 1. The Labute approximate surface area is 117 Å². The second-order valence-corrected chi connectivity index (χ2v) is 5.41. The maximum absolute atomic E-state index is 11.2. The van der Waals surface area contributed by atoms with Gasteiger partial charge in [0.25, 0.3) is 0 Å². The van der Waals surface area contributed by atoms with Crippen LogP contribution in [0.4, 0.5) is 0 Å². The Morgan fingerprint density at radius 2 is 1.75 bits per heavy atom. The van der Waals surface area contributed by atoms with Gasteiger partial charge in [0, 0.05) is 12.5 Å². The number of carbonyl (C=O) groups excluding carboxylic acids is 1. The molecule has 0 fully saturated rings. The number of hydrogen-bond donors (Lipinski definition) is 2. The fraction of sp³-hybridized carbons (Fsp3) is 0.357. The molecule has 20 heavy (non-hydrogen) atoms. The van der Waals surface area contributed by atoms with Crippen molar-refractivity contribution in [1.82, 2.24) is 0 Å².